The first kappa shape index (κ1) is 15.4. The van der Waals surface area contributed by atoms with Gasteiger partial charge in [-0.15, -0.1) is 23.5 Å². The molecule has 1 unspecified atom stereocenters. The van der Waals surface area contributed by atoms with E-state index in [0.29, 0.717) is 13.2 Å². The summed E-state index contributed by atoms with van der Waals surface area (Å²) in [6.45, 7) is 7.50. The molecule has 100 valence electrons. The average molecular weight is 276 g/mol. The molecule has 0 spiro atoms. The Morgan fingerprint density at radius 2 is 2.06 bits per heavy atom. The summed E-state index contributed by atoms with van der Waals surface area (Å²) in [6.07, 6.45) is 4.64. The molecule has 1 aliphatic heterocycles. The molecule has 0 aromatic carbocycles. The van der Waals surface area contributed by atoms with E-state index in [1.807, 2.05) is 13.8 Å². The quantitative estimate of drug-likeness (QED) is 0.518. The van der Waals surface area contributed by atoms with Gasteiger partial charge in [-0.05, 0) is 45.1 Å². The van der Waals surface area contributed by atoms with Gasteiger partial charge in [0.05, 0.1) is 11.2 Å². The molecule has 1 fully saturated rings. The smallest absolute Gasteiger partial charge is 0.155 e. The van der Waals surface area contributed by atoms with Crippen LogP contribution in [0.3, 0.4) is 0 Å². The summed E-state index contributed by atoms with van der Waals surface area (Å²) in [5.74, 6) is 2.64. The number of hydrogen-bond acceptors (Lipinski definition) is 4. The molecule has 0 aromatic heterocycles. The Bertz CT molecular complexity index is 225. The van der Waals surface area contributed by atoms with E-state index in [1.165, 1.54) is 29.9 Å². The summed E-state index contributed by atoms with van der Waals surface area (Å²) in [6, 6.07) is 0. The zero-order valence-electron chi connectivity index (χ0n) is 11.1. The lowest BCUT2D eigenvalue weighted by Gasteiger charge is -2.21. The molecule has 1 atom stereocenters. The first-order chi connectivity index (χ1) is 8.22. The Balaban J connectivity index is 2.15. The summed E-state index contributed by atoms with van der Waals surface area (Å²) in [5.41, 5.74) is 1.43. The van der Waals surface area contributed by atoms with Crippen molar-refractivity contribution >= 4 is 23.5 Å². The van der Waals surface area contributed by atoms with Crippen LogP contribution in [0.4, 0.5) is 0 Å². The van der Waals surface area contributed by atoms with Crippen molar-refractivity contribution in [3.8, 4) is 0 Å². The third-order valence-electron chi connectivity index (χ3n) is 2.55. The molecule has 1 saturated heterocycles. The zero-order valence-corrected chi connectivity index (χ0v) is 12.7. The van der Waals surface area contributed by atoms with Crippen LogP contribution in [-0.2, 0) is 9.47 Å². The van der Waals surface area contributed by atoms with E-state index in [2.05, 4.69) is 36.5 Å². The van der Waals surface area contributed by atoms with Gasteiger partial charge in [-0.2, -0.15) is 0 Å². The van der Waals surface area contributed by atoms with Crippen LogP contribution in [0.15, 0.2) is 11.6 Å². The third kappa shape index (κ3) is 7.39. The van der Waals surface area contributed by atoms with Crippen LogP contribution < -0.4 is 0 Å². The maximum absolute atomic E-state index is 5.53. The van der Waals surface area contributed by atoms with Gasteiger partial charge in [0.25, 0.3) is 0 Å². The van der Waals surface area contributed by atoms with Crippen LogP contribution >= 0.6 is 23.5 Å². The Kier molecular flexibility index (Phi) is 8.44. The second kappa shape index (κ2) is 9.31. The lowest BCUT2D eigenvalue weighted by molar-refractivity contribution is -0.118. The summed E-state index contributed by atoms with van der Waals surface area (Å²) in [7, 11) is 0. The van der Waals surface area contributed by atoms with E-state index < -0.39 is 0 Å². The van der Waals surface area contributed by atoms with Crippen molar-refractivity contribution in [2.75, 3.05) is 24.7 Å². The largest absolute Gasteiger partial charge is 0.353 e. The molecule has 0 saturated carbocycles. The number of ether oxygens (including phenoxy) is 2. The lowest BCUT2D eigenvalue weighted by Crippen LogP contribution is -2.13. The molecule has 0 aromatic rings. The molecule has 0 aliphatic carbocycles. The van der Waals surface area contributed by atoms with Gasteiger partial charge in [-0.25, -0.2) is 0 Å². The fourth-order valence-corrected chi connectivity index (χ4v) is 4.66. The Hall–Kier alpha value is 0.360. The van der Waals surface area contributed by atoms with Crippen molar-refractivity contribution in [1.29, 1.82) is 0 Å². The van der Waals surface area contributed by atoms with Crippen LogP contribution in [0, 0.1) is 0 Å². The number of allylic oxidation sites excluding steroid dienone is 1. The predicted octanol–water partition coefficient (Wildman–Crippen LogP) is 3.92. The molecule has 1 aliphatic rings. The third-order valence-corrected chi connectivity index (χ3v) is 5.49. The van der Waals surface area contributed by atoms with E-state index >= 15 is 0 Å². The molecule has 17 heavy (non-hydrogen) atoms. The van der Waals surface area contributed by atoms with E-state index in [9.17, 15) is 0 Å². The van der Waals surface area contributed by atoms with Crippen molar-refractivity contribution < 1.29 is 9.47 Å². The summed E-state index contributed by atoms with van der Waals surface area (Å²) in [5, 5.41) is 0. The number of hydrogen-bond donors (Lipinski definition) is 0. The van der Waals surface area contributed by atoms with Crippen molar-refractivity contribution in [1.82, 2.24) is 0 Å². The van der Waals surface area contributed by atoms with E-state index in [0.717, 1.165) is 4.58 Å². The molecular weight excluding hydrogens is 252 g/mol. The van der Waals surface area contributed by atoms with E-state index in [4.69, 9.17) is 9.47 Å². The Morgan fingerprint density at radius 3 is 2.71 bits per heavy atom. The Labute approximate surface area is 114 Å². The average Bonchev–Trinajstić information content (AvgIpc) is 2.30. The van der Waals surface area contributed by atoms with Crippen LogP contribution in [0.2, 0.25) is 0 Å². The van der Waals surface area contributed by atoms with E-state index in [1.54, 1.807) is 0 Å². The van der Waals surface area contributed by atoms with Gasteiger partial charge in [0, 0.05) is 6.61 Å². The molecule has 1 heterocycles. The van der Waals surface area contributed by atoms with Crippen molar-refractivity contribution in [2.24, 2.45) is 0 Å². The fourth-order valence-electron chi connectivity index (χ4n) is 1.61. The van der Waals surface area contributed by atoms with Gasteiger partial charge in [-0.1, -0.05) is 11.6 Å². The molecule has 1 rings (SSSR count). The minimum atomic E-state index is -0.0949. The first-order valence-electron chi connectivity index (χ1n) is 6.34. The van der Waals surface area contributed by atoms with Gasteiger partial charge in [-0.3, -0.25) is 0 Å². The van der Waals surface area contributed by atoms with Gasteiger partial charge < -0.3 is 9.47 Å². The number of thioether (sulfide) groups is 2. The highest BCUT2D eigenvalue weighted by Crippen LogP contribution is 2.34. The molecule has 0 bridgehead atoms. The first-order valence-corrected chi connectivity index (χ1v) is 8.44. The van der Waals surface area contributed by atoms with Gasteiger partial charge >= 0.3 is 0 Å². The highest BCUT2D eigenvalue weighted by Gasteiger charge is 2.14. The molecule has 0 N–H and O–H groups in total. The monoisotopic (exact) mass is 276 g/mol. The molecular formula is C13H24O2S2. The fraction of sp³-hybridized carbons (Fsp3) is 0.846. The second-order valence-corrected chi connectivity index (χ2v) is 7.06. The van der Waals surface area contributed by atoms with Gasteiger partial charge in [0.2, 0.25) is 0 Å². The van der Waals surface area contributed by atoms with Crippen LogP contribution in [-0.4, -0.2) is 35.6 Å². The standard InChI is InChI=1S/C13H24O2S2/c1-4-14-12(3)15-7-6-11(2)10-13-16-8-5-9-17-13/h6,12-13H,4-5,7-10H2,1-3H3/b11-6+. The second-order valence-electron chi connectivity index (χ2n) is 4.14. The van der Waals surface area contributed by atoms with Crippen molar-refractivity contribution in [3.05, 3.63) is 11.6 Å². The molecule has 0 amide bonds. The maximum Gasteiger partial charge on any atom is 0.155 e. The lowest BCUT2D eigenvalue weighted by atomic mass is 10.2. The van der Waals surface area contributed by atoms with E-state index in [-0.39, 0.29) is 6.29 Å². The van der Waals surface area contributed by atoms with Gasteiger partial charge in [0.1, 0.15) is 0 Å². The van der Waals surface area contributed by atoms with Crippen LogP contribution in [0.25, 0.3) is 0 Å². The van der Waals surface area contributed by atoms with Crippen molar-refractivity contribution in [3.63, 3.8) is 0 Å². The van der Waals surface area contributed by atoms with Crippen LogP contribution in [0.1, 0.15) is 33.6 Å². The SMILES string of the molecule is CCOC(C)OC/C=C(\C)CC1SCCCS1. The summed E-state index contributed by atoms with van der Waals surface area (Å²) < 4.78 is 11.6. The predicted molar refractivity (Wildman–Crippen MR) is 78.7 cm³/mol. The van der Waals surface area contributed by atoms with Gasteiger partial charge in [0.15, 0.2) is 6.29 Å². The Morgan fingerprint density at radius 1 is 1.35 bits per heavy atom. The summed E-state index contributed by atoms with van der Waals surface area (Å²) >= 11 is 4.19. The normalized spacial score (nSPS) is 20.5. The highest BCUT2D eigenvalue weighted by molar-refractivity contribution is 8.17. The zero-order chi connectivity index (χ0) is 12.5. The maximum atomic E-state index is 5.53. The van der Waals surface area contributed by atoms with Crippen LogP contribution in [0.5, 0.6) is 0 Å². The van der Waals surface area contributed by atoms with Crippen molar-refractivity contribution in [2.45, 2.75) is 44.5 Å². The highest BCUT2D eigenvalue weighted by atomic mass is 32.2. The molecule has 0 radical (unpaired) electrons. The summed E-state index contributed by atoms with van der Waals surface area (Å²) in [4.78, 5) is 0. The minimum absolute atomic E-state index is 0.0949. The molecule has 2 nitrogen and oxygen atoms in total. The topological polar surface area (TPSA) is 18.5 Å². The minimum Gasteiger partial charge on any atom is -0.353 e. The number of rotatable bonds is 7. The molecule has 4 heteroatoms.